The summed E-state index contributed by atoms with van der Waals surface area (Å²) >= 11 is 0. The monoisotopic (exact) mass is 239 g/mol. The van der Waals surface area contributed by atoms with Crippen molar-refractivity contribution in [3.63, 3.8) is 0 Å². The van der Waals surface area contributed by atoms with Gasteiger partial charge in [0, 0.05) is 19.6 Å². The van der Waals surface area contributed by atoms with E-state index in [0.29, 0.717) is 0 Å². The first-order valence-electron chi connectivity index (χ1n) is 7.29. The maximum absolute atomic E-state index is 6.52. The molecule has 0 amide bonds. The van der Waals surface area contributed by atoms with Gasteiger partial charge in [-0.2, -0.15) is 0 Å². The van der Waals surface area contributed by atoms with E-state index >= 15 is 0 Å². The summed E-state index contributed by atoms with van der Waals surface area (Å²) < 4.78 is 12.1. The molecule has 3 fully saturated rings. The van der Waals surface area contributed by atoms with E-state index in [-0.39, 0.29) is 11.3 Å². The van der Waals surface area contributed by atoms with Crippen LogP contribution in [0.2, 0.25) is 0 Å². The van der Waals surface area contributed by atoms with Gasteiger partial charge in [-0.1, -0.05) is 13.3 Å². The zero-order valence-electron chi connectivity index (χ0n) is 11.0. The van der Waals surface area contributed by atoms with Gasteiger partial charge in [0.15, 0.2) is 0 Å². The Morgan fingerprint density at radius 2 is 2.00 bits per heavy atom. The molecule has 3 aliphatic rings. The first kappa shape index (κ1) is 11.9. The first-order chi connectivity index (χ1) is 8.26. The van der Waals surface area contributed by atoms with Gasteiger partial charge in [-0.15, -0.1) is 0 Å². The number of ether oxygens (including phenoxy) is 2. The van der Waals surface area contributed by atoms with Crippen LogP contribution in [0.4, 0.5) is 0 Å². The zero-order valence-corrected chi connectivity index (χ0v) is 11.0. The lowest BCUT2D eigenvalue weighted by atomic mass is 9.80. The Morgan fingerprint density at radius 3 is 2.65 bits per heavy atom. The highest BCUT2D eigenvalue weighted by Crippen LogP contribution is 2.42. The number of hydrogen-bond donors (Lipinski definition) is 1. The van der Waals surface area contributed by atoms with Crippen molar-refractivity contribution in [2.24, 2.45) is 5.92 Å². The summed E-state index contributed by atoms with van der Waals surface area (Å²) in [6, 6.07) is 0. The molecule has 0 aromatic carbocycles. The van der Waals surface area contributed by atoms with Crippen molar-refractivity contribution in [2.75, 3.05) is 19.8 Å². The summed E-state index contributed by atoms with van der Waals surface area (Å²) in [6.45, 7) is 5.10. The van der Waals surface area contributed by atoms with Crippen LogP contribution in [0.1, 0.15) is 51.9 Å². The van der Waals surface area contributed by atoms with Gasteiger partial charge in [-0.05, 0) is 38.0 Å². The third-order valence-electron chi connectivity index (χ3n) is 5.00. The molecule has 0 radical (unpaired) electrons. The van der Waals surface area contributed by atoms with E-state index in [0.717, 1.165) is 38.5 Å². The molecule has 3 heteroatoms. The molecule has 17 heavy (non-hydrogen) atoms. The Labute approximate surface area is 104 Å². The Balaban J connectivity index is 1.67. The van der Waals surface area contributed by atoms with Crippen molar-refractivity contribution < 1.29 is 9.47 Å². The molecule has 1 aliphatic carbocycles. The van der Waals surface area contributed by atoms with Crippen LogP contribution in [0.5, 0.6) is 0 Å². The predicted molar refractivity (Wildman–Crippen MR) is 66.9 cm³/mol. The molecule has 3 nitrogen and oxygen atoms in total. The molecule has 0 bridgehead atoms. The Bertz CT molecular complexity index is 265. The van der Waals surface area contributed by atoms with Crippen LogP contribution in [0.25, 0.3) is 0 Å². The standard InChI is InChI=1S/C14H25NO2/c1-2-12-3-5-14(6-4-12)15-9-7-13(17-14)8-10-16-11-13/h12,15H,2-11H2,1H3. The van der Waals surface area contributed by atoms with Gasteiger partial charge in [-0.25, -0.2) is 0 Å². The van der Waals surface area contributed by atoms with Crippen LogP contribution in [-0.4, -0.2) is 31.1 Å². The molecule has 2 spiro atoms. The number of rotatable bonds is 1. The van der Waals surface area contributed by atoms with E-state index in [2.05, 4.69) is 12.2 Å². The third-order valence-corrected chi connectivity index (χ3v) is 5.00. The third kappa shape index (κ3) is 2.25. The SMILES string of the molecule is CCC1CCC2(CC1)NCCC1(CCOC1)O2. The normalized spacial score (nSPS) is 46.8. The lowest BCUT2D eigenvalue weighted by Crippen LogP contribution is -2.61. The quantitative estimate of drug-likeness (QED) is 0.762. The van der Waals surface area contributed by atoms with Crippen LogP contribution in [-0.2, 0) is 9.47 Å². The lowest BCUT2D eigenvalue weighted by molar-refractivity contribution is -0.215. The minimum atomic E-state index is -0.0162. The molecule has 2 heterocycles. The predicted octanol–water partition coefficient (Wildman–Crippen LogP) is 2.45. The average Bonchev–Trinajstić information content (AvgIpc) is 2.78. The fourth-order valence-corrected chi connectivity index (χ4v) is 3.72. The molecule has 3 rings (SSSR count). The van der Waals surface area contributed by atoms with Crippen molar-refractivity contribution >= 4 is 0 Å². The average molecular weight is 239 g/mol. The minimum absolute atomic E-state index is 0.0162. The topological polar surface area (TPSA) is 30.5 Å². The molecule has 1 atom stereocenters. The molecule has 0 aromatic heterocycles. The molecule has 1 unspecified atom stereocenters. The van der Waals surface area contributed by atoms with Crippen LogP contribution >= 0.6 is 0 Å². The van der Waals surface area contributed by atoms with E-state index in [1.165, 1.54) is 32.1 Å². The van der Waals surface area contributed by atoms with Crippen molar-refractivity contribution in [1.29, 1.82) is 0 Å². The largest absolute Gasteiger partial charge is 0.378 e. The summed E-state index contributed by atoms with van der Waals surface area (Å²) in [6.07, 6.45) is 8.55. The molecule has 98 valence electrons. The minimum Gasteiger partial charge on any atom is -0.378 e. The first-order valence-corrected chi connectivity index (χ1v) is 7.29. The van der Waals surface area contributed by atoms with Crippen LogP contribution in [0.15, 0.2) is 0 Å². The Kier molecular flexibility index (Phi) is 3.18. The molecule has 2 saturated heterocycles. The number of nitrogens with one attached hydrogen (secondary N) is 1. The summed E-state index contributed by atoms with van der Waals surface area (Å²) in [4.78, 5) is 0. The van der Waals surface area contributed by atoms with E-state index in [9.17, 15) is 0 Å². The fourth-order valence-electron chi connectivity index (χ4n) is 3.72. The van der Waals surface area contributed by atoms with Crippen molar-refractivity contribution in [1.82, 2.24) is 5.32 Å². The van der Waals surface area contributed by atoms with Crippen LogP contribution in [0, 0.1) is 5.92 Å². The second kappa shape index (κ2) is 4.52. The molecule has 1 N–H and O–H groups in total. The van der Waals surface area contributed by atoms with Crippen LogP contribution < -0.4 is 5.32 Å². The highest BCUT2D eigenvalue weighted by Gasteiger charge is 2.48. The Hall–Kier alpha value is -0.120. The summed E-state index contributed by atoms with van der Waals surface area (Å²) in [5, 5.41) is 3.65. The van der Waals surface area contributed by atoms with Gasteiger partial charge < -0.3 is 9.47 Å². The highest BCUT2D eigenvalue weighted by atomic mass is 16.6. The van der Waals surface area contributed by atoms with E-state index in [1.807, 2.05) is 0 Å². The maximum Gasteiger partial charge on any atom is 0.120 e. The molecule has 1 saturated carbocycles. The summed E-state index contributed by atoms with van der Waals surface area (Å²) in [5.41, 5.74) is 0.0297. The second-order valence-corrected chi connectivity index (χ2v) is 6.11. The van der Waals surface area contributed by atoms with Gasteiger partial charge in [0.2, 0.25) is 0 Å². The van der Waals surface area contributed by atoms with Gasteiger partial charge in [-0.3, -0.25) is 5.32 Å². The van der Waals surface area contributed by atoms with Crippen molar-refractivity contribution in [3.05, 3.63) is 0 Å². The molecular weight excluding hydrogens is 214 g/mol. The van der Waals surface area contributed by atoms with Gasteiger partial charge >= 0.3 is 0 Å². The fraction of sp³-hybridized carbons (Fsp3) is 1.00. The molecular formula is C14H25NO2. The lowest BCUT2D eigenvalue weighted by Gasteiger charge is -2.50. The van der Waals surface area contributed by atoms with Crippen molar-refractivity contribution in [2.45, 2.75) is 63.2 Å². The molecule has 2 aliphatic heterocycles. The number of hydrogen-bond acceptors (Lipinski definition) is 3. The second-order valence-electron chi connectivity index (χ2n) is 6.11. The highest BCUT2D eigenvalue weighted by molar-refractivity contribution is 4.97. The zero-order chi connectivity index (χ0) is 11.8. The molecule has 0 aromatic rings. The van der Waals surface area contributed by atoms with Crippen molar-refractivity contribution in [3.8, 4) is 0 Å². The smallest absolute Gasteiger partial charge is 0.120 e. The van der Waals surface area contributed by atoms with Crippen LogP contribution in [0.3, 0.4) is 0 Å². The van der Waals surface area contributed by atoms with E-state index in [4.69, 9.17) is 9.47 Å². The van der Waals surface area contributed by atoms with E-state index in [1.54, 1.807) is 0 Å². The van der Waals surface area contributed by atoms with Gasteiger partial charge in [0.1, 0.15) is 5.72 Å². The Morgan fingerprint density at radius 1 is 1.18 bits per heavy atom. The maximum atomic E-state index is 6.52. The summed E-state index contributed by atoms with van der Waals surface area (Å²) in [7, 11) is 0. The summed E-state index contributed by atoms with van der Waals surface area (Å²) in [5.74, 6) is 0.920. The van der Waals surface area contributed by atoms with Gasteiger partial charge in [0.25, 0.3) is 0 Å². The van der Waals surface area contributed by atoms with E-state index < -0.39 is 0 Å². The van der Waals surface area contributed by atoms with Gasteiger partial charge in [0.05, 0.1) is 12.2 Å².